The Morgan fingerprint density at radius 2 is 2.08 bits per heavy atom. The molecule has 0 spiro atoms. The summed E-state index contributed by atoms with van der Waals surface area (Å²) in [5.74, 6) is 1.90. The molecular formula is C17H16N6OS. The van der Waals surface area contributed by atoms with Crippen LogP contribution in [0.1, 0.15) is 25.0 Å². The molecule has 0 aliphatic heterocycles. The first-order valence-corrected chi connectivity index (χ1v) is 8.43. The number of aromatic nitrogens is 4. The Balaban J connectivity index is 1.75. The summed E-state index contributed by atoms with van der Waals surface area (Å²) in [6, 6.07) is 7.51. The van der Waals surface area contributed by atoms with Crippen LogP contribution in [0.4, 0.5) is 10.9 Å². The molecule has 0 radical (unpaired) electrons. The Morgan fingerprint density at radius 1 is 1.24 bits per heavy atom. The van der Waals surface area contributed by atoms with E-state index in [4.69, 9.17) is 10.00 Å². The summed E-state index contributed by atoms with van der Waals surface area (Å²) < 4.78 is 9.90. The van der Waals surface area contributed by atoms with Gasteiger partial charge in [-0.15, -0.1) is 0 Å². The number of aryl methyl sites for hydroxylation is 1. The molecule has 126 valence electrons. The zero-order valence-corrected chi connectivity index (χ0v) is 14.8. The second-order valence-electron chi connectivity index (χ2n) is 5.60. The minimum atomic E-state index is 0.101. The lowest BCUT2D eigenvalue weighted by Gasteiger charge is -2.08. The lowest BCUT2D eigenvalue weighted by atomic mass is 10.2. The van der Waals surface area contributed by atoms with Crippen molar-refractivity contribution in [2.75, 3.05) is 5.32 Å². The van der Waals surface area contributed by atoms with Crippen LogP contribution in [0.2, 0.25) is 0 Å². The van der Waals surface area contributed by atoms with Crippen molar-refractivity contribution in [1.29, 1.82) is 5.26 Å². The maximum absolute atomic E-state index is 8.89. The van der Waals surface area contributed by atoms with Gasteiger partial charge in [-0.05, 0) is 44.5 Å². The molecule has 0 saturated heterocycles. The van der Waals surface area contributed by atoms with Crippen LogP contribution < -0.4 is 10.1 Å². The monoisotopic (exact) mass is 352 g/mol. The molecule has 0 fully saturated rings. The molecule has 0 atom stereocenters. The third-order valence-corrected chi connectivity index (χ3v) is 3.83. The van der Waals surface area contributed by atoms with Gasteiger partial charge in [-0.2, -0.15) is 14.6 Å². The van der Waals surface area contributed by atoms with Crippen molar-refractivity contribution in [3.8, 4) is 23.3 Å². The van der Waals surface area contributed by atoms with E-state index in [0.29, 0.717) is 33.8 Å². The smallest absolute Gasteiger partial charge is 0.208 e. The van der Waals surface area contributed by atoms with E-state index < -0.39 is 0 Å². The Morgan fingerprint density at radius 3 is 2.72 bits per heavy atom. The summed E-state index contributed by atoms with van der Waals surface area (Å²) in [5.41, 5.74) is 2.06. The number of rotatable bonds is 5. The Bertz CT molecular complexity index is 914. The highest BCUT2D eigenvalue weighted by Crippen LogP contribution is 2.24. The number of nitrogens with zero attached hydrogens (tertiary/aromatic N) is 5. The van der Waals surface area contributed by atoms with Gasteiger partial charge in [-0.25, -0.2) is 9.97 Å². The van der Waals surface area contributed by atoms with Crippen molar-refractivity contribution in [2.24, 2.45) is 0 Å². The van der Waals surface area contributed by atoms with Crippen molar-refractivity contribution in [3.63, 3.8) is 0 Å². The summed E-state index contributed by atoms with van der Waals surface area (Å²) in [7, 11) is 0. The molecule has 8 heteroatoms. The minimum absolute atomic E-state index is 0.101. The summed E-state index contributed by atoms with van der Waals surface area (Å²) in [5, 5.41) is 12.6. The van der Waals surface area contributed by atoms with E-state index in [-0.39, 0.29) is 6.10 Å². The fraction of sp³-hybridized carbons (Fsp3) is 0.235. The van der Waals surface area contributed by atoms with Crippen molar-refractivity contribution in [1.82, 2.24) is 19.3 Å². The van der Waals surface area contributed by atoms with E-state index in [0.717, 1.165) is 5.56 Å². The van der Waals surface area contributed by atoms with E-state index in [9.17, 15) is 0 Å². The lowest BCUT2D eigenvalue weighted by Crippen LogP contribution is -2.05. The van der Waals surface area contributed by atoms with Crippen LogP contribution in [0.15, 0.2) is 30.6 Å². The molecule has 0 amide bonds. The maximum atomic E-state index is 8.89. The highest BCUT2D eigenvalue weighted by atomic mass is 32.1. The molecule has 0 unspecified atom stereocenters. The lowest BCUT2D eigenvalue weighted by molar-refractivity contribution is 0.241. The van der Waals surface area contributed by atoms with Gasteiger partial charge in [0.1, 0.15) is 23.3 Å². The van der Waals surface area contributed by atoms with E-state index in [1.54, 1.807) is 12.3 Å². The number of hydrogen-bond donors (Lipinski definition) is 1. The van der Waals surface area contributed by atoms with Gasteiger partial charge >= 0.3 is 0 Å². The third-order valence-electron chi connectivity index (χ3n) is 3.20. The predicted octanol–water partition coefficient (Wildman–Crippen LogP) is 3.71. The Labute approximate surface area is 149 Å². The van der Waals surface area contributed by atoms with Gasteiger partial charge < -0.3 is 10.1 Å². The normalized spacial score (nSPS) is 10.5. The molecule has 3 rings (SSSR count). The van der Waals surface area contributed by atoms with Gasteiger partial charge in [0.25, 0.3) is 0 Å². The number of anilines is 2. The van der Waals surface area contributed by atoms with Crippen LogP contribution in [-0.2, 0) is 0 Å². The topological polar surface area (TPSA) is 96.6 Å². The minimum Gasteiger partial charge on any atom is -0.489 e. The third kappa shape index (κ3) is 4.08. The van der Waals surface area contributed by atoms with Crippen LogP contribution in [-0.4, -0.2) is 25.4 Å². The van der Waals surface area contributed by atoms with E-state index in [2.05, 4.69) is 30.7 Å². The van der Waals surface area contributed by atoms with E-state index in [1.807, 2.05) is 32.9 Å². The molecule has 3 aromatic heterocycles. The average Bonchev–Trinajstić information content (AvgIpc) is 3.05. The first kappa shape index (κ1) is 16.8. The second kappa shape index (κ2) is 7.23. The molecule has 0 aliphatic carbocycles. The molecule has 0 aliphatic rings. The number of nitrogens with one attached hydrogen (secondary N) is 1. The number of ether oxygens (including phenoxy) is 1. The van der Waals surface area contributed by atoms with Crippen LogP contribution in [0.5, 0.6) is 5.75 Å². The van der Waals surface area contributed by atoms with E-state index >= 15 is 0 Å². The second-order valence-corrected chi connectivity index (χ2v) is 6.35. The first-order chi connectivity index (χ1) is 12.0. The van der Waals surface area contributed by atoms with Gasteiger partial charge in [-0.3, -0.25) is 0 Å². The summed E-state index contributed by atoms with van der Waals surface area (Å²) in [6.07, 6.45) is 3.28. The average molecular weight is 352 g/mol. The van der Waals surface area contributed by atoms with Crippen LogP contribution in [0.3, 0.4) is 0 Å². The molecule has 0 saturated carbocycles. The Kier molecular flexibility index (Phi) is 4.86. The van der Waals surface area contributed by atoms with Gasteiger partial charge in [0.2, 0.25) is 5.13 Å². The number of pyridine rings is 2. The fourth-order valence-corrected chi connectivity index (χ4v) is 2.68. The molecule has 3 aromatic rings. The van der Waals surface area contributed by atoms with Gasteiger partial charge in [0, 0.05) is 17.7 Å². The molecule has 3 heterocycles. The van der Waals surface area contributed by atoms with Crippen molar-refractivity contribution >= 4 is 22.5 Å². The fourth-order valence-electron chi connectivity index (χ4n) is 2.10. The standard InChI is InChI=1S/C17H16N6OS/c1-10(2)24-13-4-5-14(19-9-13)16-22-17(25-23-16)21-15-11(3)6-12(7-18)8-20-15/h4-6,8-10H,1-3H3,(H,20,21,22,23). The first-order valence-electron chi connectivity index (χ1n) is 7.65. The summed E-state index contributed by atoms with van der Waals surface area (Å²) in [4.78, 5) is 13.0. The summed E-state index contributed by atoms with van der Waals surface area (Å²) in [6.45, 7) is 5.81. The van der Waals surface area contributed by atoms with Crippen LogP contribution in [0, 0.1) is 18.3 Å². The van der Waals surface area contributed by atoms with Gasteiger partial charge in [0.05, 0.1) is 17.9 Å². The van der Waals surface area contributed by atoms with Gasteiger partial charge in [-0.1, -0.05) is 0 Å². The highest BCUT2D eigenvalue weighted by molar-refractivity contribution is 7.09. The van der Waals surface area contributed by atoms with Gasteiger partial charge in [0.15, 0.2) is 5.82 Å². The van der Waals surface area contributed by atoms with E-state index in [1.165, 1.54) is 17.7 Å². The summed E-state index contributed by atoms with van der Waals surface area (Å²) >= 11 is 1.22. The zero-order chi connectivity index (χ0) is 17.8. The SMILES string of the molecule is Cc1cc(C#N)cnc1Nc1nc(-c2ccc(OC(C)C)cn2)ns1. The molecule has 1 N–H and O–H groups in total. The van der Waals surface area contributed by atoms with Crippen LogP contribution in [0.25, 0.3) is 11.5 Å². The molecule has 7 nitrogen and oxygen atoms in total. The Hall–Kier alpha value is -3.05. The van der Waals surface area contributed by atoms with Crippen molar-refractivity contribution < 1.29 is 4.74 Å². The molecule has 0 bridgehead atoms. The van der Waals surface area contributed by atoms with Crippen molar-refractivity contribution in [3.05, 3.63) is 41.7 Å². The molecular weight excluding hydrogens is 336 g/mol. The highest BCUT2D eigenvalue weighted by Gasteiger charge is 2.10. The number of hydrogen-bond acceptors (Lipinski definition) is 8. The van der Waals surface area contributed by atoms with Crippen LogP contribution >= 0.6 is 11.5 Å². The quantitative estimate of drug-likeness (QED) is 0.747. The van der Waals surface area contributed by atoms with Crippen molar-refractivity contribution in [2.45, 2.75) is 26.9 Å². The largest absolute Gasteiger partial charge is 0.489 e. The molecule has 0 aromatic carbocycles. The maximum Gasteiger partial charge on any atom is 0.208 e. The predicted molar refractivity (Wildman–Crippen MR) is 95.9 cm³/mol. The number of nitriles is 1. The molecule has 25 heavy (non-hydrogen) atoms. The zero-order valence-electron chi connectivity index (χ0n) is 14.0.